The Hall–Kier alpha value is -1.14. The molecule has 7 heteroatoms. The van der Waals surface area contributed by atoms with Crippen molar-refractivity contribution in [3.63, 3.8) is 0 Å². The third kappa shape index (κ3) is 2.96. The summed E-state index contributed by atoms with van der Waals surface area (Å²) in [4.78, 5) is 4.35. The van der Waals surface area contributed by atoms with Crippen LogP contribution in [-0.4, -0.2) is 27.9 Å². The lowest BCUT2D eigenvalue weighted by Crippen LogP contribution is -2.15. The number of aromatic nitrogens is 2. The largest absolute Gasteiger partial charge is 0.392 e. The van der Waals surface area contributed by atoms with Crippen molar-refractivity contribution >= 4 is 23.2 Å². The average Bonchev–Trinajstić information content (AvgIpc) is 3.03. The highest BCUT2D eigenvalue weighted by Gasteiger charge is 2.28. The molecule has 0 radical (unpaired) electrons. The van der Waals surface area contributed by atoms with Crippen molar-refractivity contribution in [2.45, 2.75) is 25.0 Å². The first-order valence-electron chi connectivity index (χ1n) is 6.29. The minimum Gasteiger partial charge on any atom is -0.392 e. The maximum Gasteiger partial charge on any atom is 0.243 e. The first-order valence-corrected chi connectivity index (χ1v) is 7.05. The molecule has 2 aromatic rings. The highest BCUT2D eigenvalue weighted by Crippen LogP contribution is 2.25. The zero-order valence-electron chi connectivity index (χ0n) is 10.5. The van der Waals surface area contributed by atoms with Crippen molar-refractivity contribution in [3.8, 4) is 0 Å². The summed E-state index contributed by atoms with van der Waals surface area (Å²) in [5.41, 5.74) is 0.964. The van der Waals surface area contributed by atoms with Crippen molar-refractivity contribution in [1.82, 2.24) is 15.5 Å². The van der Waals surface area contributed by atoms with E-state index >= 15 is 0 Å². The van der Waals surface area contributed by atoms with E-state index in [-0.39, 0.29) is 12.1 Å². The van der Waals surface area contributed by atoms with E-state index in [0.717, 1.165) is 5.56 Å². The van der Waals surface area contributed by atoms with Crippen LogP contribution >= 0.6 is 23.2 Å². The highest BCUT2D eigenvalue weighted by molar-refractivity contribution is 6.42. The molecule has 2 heterocycles. The van der Waals surface area contributed by atoms with E-state index in [1.165, 1.54) is 0 Å². The van der Waals surface area contributed by atoms with Gasteiger partial charge in [0.1, 0.15) is 0 Å². The zero-order chi connectivity index (χ0) is 14.1. The molecule has 2 atom stereocenters. The number of β-amino-alcohol motifs (C(OH)–C–C–N with tert-alkyl or cyclic N) is 1. The summed E-state index contributed by atoms with van der Waals surface area (Å²) in [6.07, 6.45) is 0.759. The fraction of sp³-hybridized carbons (Fsp3) is 0.385. The molecule has 0 saturated carbocycles. The molecule has 1 aliphatic rings. The molecule has 2 N–H and O–H groups in total. The fourth-order valence-corrected chi connectivity index (χ4v) is 2.54. The third-order valence-corrected chi connectivity index (χ3v) is 3.97. The summed E-state index contributed by atoms with van der Waals surface area (Å²) < 4.78 is 5.23. The normalized spacial score (nSPS) is 22.4. The van der Waals surface area contributed by atoms with Crippen LogP contribution in [0.2, 0.25) is 10.0 Å². The topological polar surface area (TPSA) is 71.2 Å². The summed E-state index contributed by atoms with van der Waals surface area (Å²) >= 11 is 11.8. The van der Waals surface area contributed by atoms with E-state index in [9.17, 15) is 5.11 Å². The number of aliphatic hydroxyl groups is 1. The lowest BCUT2D eigenvalue weighted by Gasteiger charge is -2.02. The van der Waals surface area contributed by atoms with Crippen LogP contribution in [-0.2, 0) is 6.42 Å². The van der Waals surface area contributed by atoms with Crippen LogP contribution in [0.15, 0.2) is 22.7 Å². The Morgan fingerprint density at radius 1 is 1.35 bits per heavy atom. The van der Waals surface area contributed by atoms with Gasteiger partial charge in [-0.05, 0) is 24.1 Å². The minimum atomic E-state index is -0.356. The Kier molecular flexibility index (Phi) is 3.94. The number of hydrogen-bond donors (Lipinski definition) is 2. The van der Waals surface area contributed by atoms with Crippen LogP contribution in [0.1, 0.15) is 29.7 Å². The van der Waals surface area contributed by atoms with Crippen LogP contribution in [0.25, 0.3) is 0 Å². The lowest BCUT2D eigenvalue weighted by molar-refractivity contribution is 0.191. The van der Waals surface area contributed by atoms with Gasteiger partial charge in [0.05, 0.1) is 22.2 Å². The highest BCUT2D eigenvalue weighted by atomic mass is 35.5. The monoisotopic (exact) mass is 313 g/mol. The molecule has 5 nitrogen and oxygen atoms in total. The number of nitrogens with one attached hydrogen (secondary N) is 1. The molecule has 1 aromatic heterocycles. The van der Waals surface area contributed by atoms with Gasteiger partial charge in [0.15, 0.2) is 5.82 Å². The van der Waals surface area contributed by atoms with Gasteiger partial charge in [-0.15, -0.1) is 0 Å². The third-order valence-electron chi connectivity index (χ3n) is 3.24. The Morgan fingerprint density at radius 2 is 2.20 bits per heavy atom. The molecule has 0 unspecified atom stereocenters. The molecule has 0 bridgehead atoms. The van der Waals surface area contributed by atoms with Crippen molar-refractivity contribution < 1.29 is 9.63 Å². The Bertz CT molecular complexity index is 617. The van der Waals surface area contributed by atoms with Gasteiger partial charge in [0, 0.05) is 13.0 Å². The van der Waals surface area contributed by atoms with Crippen LogP contribution in [0.3, 0.4) is 0 Å². The molecule has 106 valence electrons. The molecule has 0 amide bonds. The maximum absolute atomic E-state index is 9.48. The average molecular weight is 314 g/mol. The Morgan fingerprint density at radius 3 is 2.90 bits per heavy atom. The molecule has 3 rings (SSSR count). The molecule has 1 aromatic carbocycles. The van der Waals surface area contributed by atoms with Crippen LogP contribution < -0.4 is 5.32 Å². The van der Waals surface area contributed by atoms with Crippen LogP contribution in [0, 0.1) is 0 Å². The van der Waals surface area contributed by atoms with Gasteiger partial charge in [-0.2, -0.15) is 4.98 Å². The SMILES string of the molecule is O[C@H]1CN[C@@H](c2nc(Cc3ccc(Cl)c(Cl)c3)no2)C1. The quantitative estimate of drug-likeness (QED) is 0.910. The molecule has 1 saturated heterocycles. The predicted molar refractivity (Wildman–Crippen MR) is 74.9 cm³/mol. The summed E-state index contributed by atoms with van der Waals surface area (Å²) in [6.45, 7) is 0.551. The molecule has 1 aliphatic heterocycles. The smallest absolute Gasteiger partial charge is 0.243 e. The first kappa shape index (κ1) is 13.8. The molecular weight excluding hydrogens is 301 g/mol. The predicted octanol–water partition coefficient (Wildman–Crippen LogP) is 2.36. The lowest BCUT2D eigenvalue weighted by atomic mass is 10.1. The van der Waals surface area contributed by atoms with Gasteiger partial charge in [-0.1, -0.05) is 34.4 Å². The van der Waals surface area contributed by atoms with Crippen molar-refractivity contribution in [3.05, 3.63) is 45.5 Å². The van der Waals surface area contributed by atoms with E-state index in [4.69, 9.17) is 27.7 Å². The summed E-state index contributed by atoms with van der Waals surface area (Å²) in [7, 11) is 0. The van der Waals surface area contributed by atoms with Crippen LogP contribution in [0.5, 0.6) is 0 Å². The second-order valence-corrected chi connectivity index (χ2v) is 5.64. The number of nitrogens with zero attached hydrogens (tertiary/aromatic N) is 2. The second kappa shape index (κ2) is 5.69. The number of hydrogen-bond acceptors (Lipinski definition) is 5. The fourth-order valence-electron chi connectivity index (χ4n) is 2.22. The Labute approximate surface area is 125 Å². The molecule has 1 fully saturated rings. The van der Waals surface area contributed by atoms with Crippen LogP contribution in [0.4, 0.5) is 0 Å². The van der Waals surface area contributed by atoms with Gasteiger partial charge in [0.2, 0.25) is 5.89 Å². The van der Waals surface area contributed by atoms with E-state index < -0.39 is 0 Å². The first-order chi connectivity index (χ1) is 9.61. The van der Waals surface area contributed by atoms with E-state index in [0.29, 0.717) is 41.1 Å². The van der Waals surface area contributed by atoms with E-state index in [1.807, 2.05) is 6.07 Å². The molecular formula is C13H13Cl2N3O2. The van der Waals surface area contributed by atoms with E-state index in [1.54, 1.807) is 12.1 Å². The van der Waals surface area contributed by atoms with Gasteiger partial charge >= 0.3 is 0 Å². The standard InChI is InChI=1S/C13H13Cl2N3O2/c14-9-2-1-7(3-10(9)15)4-12-17-13(20-18-12)11-5-8(19)6-16-11/h1-3,8,11,16,19H,4-6H2/t8-,11-/m1/s1. The summed E-state index contributed by atoms with van der Waals surface area (Å²) in [6, 6.07) is 5.34. The van der Waals surface area contributed by atoms with Gasteiger partial charge in [-0.3, -0.25) is 0 Å². The van der Waals surface area contributed by atoms with Crippen molar-refractivity contribution in [2.75, 3.05) is 6.54 Å². The number of rotatable bonds is 3. The van der Waals surface area contributed by atoms with Gasteiger partial charge in [-0.25, -0.2) is 0 Å². The van der Waals surface area contributed by atoms with Gasteiger partial charge < -0.3 is 14.9 Å². The molecule has 0 aliphatic carbocycles. The molecule has 20 heavy (non-hydrogen) atoms. The Balaban J connectivity index is 1.72. The summed E-state index contributed by atoms with van der Waals surface area (Å²) in [5, 5.41) is 17.6. The zero-order valence-corrected chi connectivity index (χ0v) is 12.0. The maximum atomic E-state index is 9.48. The van der Waals surface area contributed by atoms with Crippen molar-refractivity contribution in [1.29, 1.82) is 0 Å². The molecule has 0 spiro atoms. The minimum absolute atomic E-state index is 0.0694. The number of halogens is 2. The van der Waals surface area contributed by atoms with Crippen molar-refractivity contribution in [2.24, 2.45) is 0 Å². The number of benzene rings is 1. The summed E-state index contributed by atoms with van der Waals surface area (Å²) in [5.74, 6) is 1.10. The second-order valence-electron chi connectivity index (χ2n) is 4.82. The number of aliphatic hydroxyl groups excluding tert-OH is 1. The van der Waals surface area contributed by atoms with E-state index in [2.05, 4.69) is 15.5 Å². The van der Waals surface area contributed by atoms with Gasteiger partial charge in [0.25, 0.3) is 0 Å².